The van der Waals surface area contributed by atoms with E-state index in [2.05, 4.69) is 11.8 Å². The lowest BCUT2D eigenvalue weighted by Gasteiger charge is -2.29. The number of amides is 1. The van der Waals surface area contributed by atoms with E-state index in [-0.39, 0.29) is 11.3 Å². The average molecular weight is 551 g/mol. The molecule has 2 fully saturated rings. The summed E-state index contributed by atoms with van der Waals surface area (Å²) >= 11 is 0. The maximum absolute atomic E-state index is 13.4. The molecule has 1 amide bonds. The van der Waals surface area contributed by atoms with E-state index in [0.29, 0.717) is 50.7 Å². The number of ketones is 1. The van der Waals surface area contributed by atoms with Gasteiger partial charge in [0.05, 0.1) is 38.0 Å². The van der Waals surface area contributed by atoms with Crippen molar-refractivity contribution >= 4 is 17.4 Å². The van der Waals surface area contributed by atoms with Gasteiger partial charge >= 0.3 is 0 Å². The van der Waals surface area contributed by atoms with Crippen molar-refractivity contribution in [3.63, 3.8) is 0 Å². The fourth-order valence-electron chi connectivity index (χ4n) is 5.12. The highest BCUT2D eigenvalue weighted by molar-refractivity contribution is 6.46. The molecule has 0 aromatic heterocycles. The molecule has 1 atom stereocenters. The Hall–Kier alpha value is -3.36. The van der Waals surface area contributed by atoms with Gasteiger partial charge in [0, 0.05) is 31.7 Å². The lowest BCUT2D eigenvalue weighted by atomic mass is 9.95. The number of carbonyl (C=O) groups is 2. The average Bonchev–Trinajstić information content (AvgIpc) is 3.24. The molecule has 0 aliphatic carbocycles. The summed E-state index contributed by atoms with van der Waals surface area (Å²) in [5.74, 6) is -0.00261. The van der Waals surface area contributed by atoms with Crippen LogP contribution in [0, 0.1) is 0 Å². The van der Waals surface area contributed by atoms with Gasteiger partial charge in [-0.3, -0.25) is 14.5 Å². The van der Waals surface area contributed by atoms with Crippen LogP contribution in [0.2, 0.25) is 0 Å². The predicted molar refractivity (Wildman–Crippen MR) is 155 cm³/mol. The predicted octanol–water partition coefficient (Wildman–Crippen LogP) is 5.19. The summed E-state index contributed by atoms with van der Waals surface area (Å²) in [7, 11) is 0. The first kappa shape index (κ1) is 29.6. The highest BCUT2D eigenvalue weighted by Gasteiger charge is 2.45. The van der Waals surface area contributed by atoms with Gasteiger partial charge < -0.3 is 24.2 Å². The van der Waals surface area contributed by atoms with Crippen LogP contribution in [0.5, 0.6) is 11.5 Å². The van der Waals surface area contributed by atoms with E-state index in [1.807, 2.05) is 31.2 Å². The van der Waals surface area contributed by atoms with Crippen LogP contribution in [0.25, 0.3) is 5.76 Å². The van der Waals surface area contributed by atoms with E-state index in [9.17, 15) is 14.7 Å². The van der Waals surface area contributed by atoms with Crippen LogP contribution in [0.15, 0.2) is 54.1 Å². The highest BCUT2D eigenvalue weighted by Crippen LogP contribution is 2.40. The highest BCUT2D eigenvalue weighted by atomic mass is 16.5. The summed E-state index contributed by atoms with van der Waals surface area (Å²) in [4.78, 5) is 30.6. The van der Waals surface area contributed by atoms with Crippen LogP contribution in [0.4, 0.5) is 0 Å². The Morgan fingerprint density at radius 1 is 0.850 bits per heavy atom. The molecule has 0 radical (unpaired) electrons. The number of unbranched alkanes of at least 4 members (excludes halogenated alkanes) is 2. The molecular weight excluding hydrogens is 508 g/mol. The maximum atomic E-state index is 13.4. The number of Topliss-reactive ketones (excluding diaryl/α,β-unsaturated/α-hetero) is 1. The van der Waals surface area contributed by atoms with Gasteiger partial charge in [0.2, 0.25) is 0 Å². The first-order valence-electron chi connectivity index (χ1n) is 14.6. The topological polar surface area (TPSA) is 88.5 Å². The quantitative estimate of drug-likeness (QED) is 0.150. The molecule has 2 aromatic rings. The Morgan fingerprint density at radius 3 is 2.15 bits per heavy atom. The van der Waals surface area contributed by atoms with Crippen molar-refractivity contribution in [1.29, 1.82) is 0 Å². The second-order valence-electron chi connectivity index (χ2n) is 10.3. The van der Waals surface area contributed by atoms with Gasteiger partial charge in [-0.2, -0.15) is 0 Å². The van der Waals surface area contributed by atoms with Crippen LogP contribution in [0.1, 0.15) is 63.1 Å². The molecule has 8 nitrogen and oxygen atoms in total. The second-order valence-corrected chi connectivity index (χ2v) is 10.3. The Morgan fingerprint density at radius 2 is 1.50 bits per heavy atom. The number of likely N-dealkylation sites (tertiary alicyclic amines) is 1. The fraction of sp³-hybridized carbons (Fsp3) is 0.500. The summed E-state index contributed by atoms with van der Waals surface area (Å²) in [6.07, 6.45) is 4.83. The summed E-state index contributed by atoms with van der Waals surface area (Å²) in [5.41, 5.74) is 1.34. The molecular formula is C32H42N2O6. The molecule has 0 saturated carbocycles. The van der Waals surface area contributed by atoms with Crippen LogP contribution < -0.4 is 9.47 Å². The molecule has 2 heterocycles. The van der Waals surface area contributed by atoms with Crippen molar-refractivity contribution in [3.8, 4) is 11.5 Å². The Balaban J connectivity index is 1.59. The lowest BCUT2D eigenvalue weighted by Crippen LogP contribution is -2.38. The van der Waals surface area contributed by atoms with Gasteiger partial charge in [0.1, 0.15) is 17.3 Å². The van der Waals surface area contributed by atoms with Crippen molar-refractivity contribution in [2.45, 2.75) is 52.0 Å². The molecule has 2 aromatic carbocycles. The number of rotatable bonds is 14. The molecule has 2 saturated heterocycles. The molecule has 1 N–H and O–H groups in total. The number of hydrogen-bond donors (Lipinski definition) is 1. The third-order valence-corrected chi connectivity index (χ3v) is 7.33. The van der Waals surface area contributed by atoms with Gasteiger partial charge in [-0.1, -0.05) is 38.8 Å². The van der Waals surface area contributed by atoms with Crippen LogP contribution >= 0.6 is 0 Å². The molecule has 8 heteroatoms. The molecule has 216 valence electrons. The minimum Gasteiger partial charge on any atom is -0.507 e. The molecule has 2 aliphatic heterocycles. The number of benzene rings is 2. The third-order valence-electron chi connectivity index (χ3n) is 7.33. The van der Waals surface area contributed by atoms with Crippen LogP contribution in [-0.2, 0) is 14.3 Å². The first-order chi connectivity index (χ1) is 19.5. The Bertz CT molecular complexity index is 1140. The van der Waals surface area contributed by atoms with Crippen molar-refractivity contribution in [3.05, 3.63) is 65.2 Å². The summed E-state index contributed by atoms with van der Waals surface area (Å²) in [5, 5.41) is 11.4. The van der Waals surface area contributed by atoms with Crippen LogP contribution in [-0.4, -0.2) is 79.2 Å². The number of carbonyl (C=O) groups excluding carboxylic acids is 2. The smallest absolute Gasteiger partial charge is 0.295 e. The van der Waals surface area contributed by atoms with Gasteiger partial charge in [0.25, 0.3) is 11.7 Å². The number of aliphatic hydroxyl groups is 1. The zero-order valence-corrected chi connectivity index (χ0v) is 23.8. The van der Waals surface area contributed by atoms with Crippen molar-refractivity contribution in [1.82, 2.24) is 9.80 Å². The molecule has 40 heavy (non-hydrogen) atoms. The van der Waals surface area contributed by atoms with E-state index in [4.69, 9.17) is 14.2 Å². The zero-order valence-electron chi connectivity index (χ0n) is 23.8. The van der Waals surface area contributed by atoms with E-state index in [1.54, 1.807) is 29.2 Å². The number of morpholine rings is 1. The monoisotopic (exact) mass is 550 g/mol. The SMILES string of the molecule is CCCCCOc1ccc(C2C(=C(O)c3ccc(OCCC)cc3)C(=O)C(=O)N2CCCN2CCOCC2)cc1. The molecule has 0 bridgehead atoms. The van der Waals surface area contributed by atoms with Crippen LogP contribution in [0.3, 0.4) is 0 Å². The number of hydrogen-bond acceptors (Lipinski definition) is 7. The first-order valence-corrected chi connectivity index (χ1v) is 14.6. The Labute approximate surface area is 237 Å². The minimum atomic E-state index is -0.685. The van der Waals surface area contributed by atoms with E-state index < -0.39 is 17.7 Å². The molecule has 4 rings (SSSR count). The fourth-order valence-corrected chi connectivity index (χ4v) is 5.12. The number of aliphatic hydroxyl groups excluding tert-OH is 1. The summed E-state index contributed by atoms with van der Waals surface area (Å²) in [6.45, 7) is 9.78. The molecule has 1 unspecified atom stereocenters. The van der Waals surface area contributed by atoms with E-state index >= 15 is 0 Å². The van der Waals surface area contributed by atoms with Crippen molar-refractivity contribution in [2.24, 2.45) is 0 Å². The van der Waals surface area contributed by atoms with E-state index in [0.717, 1.165) is 56.6 Å². The summed E-state index contributed by atoms with van der Waals surface area (Å²) in [6, 6.07) is 13.8. The number of nitrogens with zero attached hydrogens (tertiary/aromatic N) is 2. The van der Waals surface area contributed by atoms with Gasteiger partial charge in [0.15, 0.2) is 0 Å². The second kappa shape index (κ2) is 14.9. The van der Waals surface area contributed by atoms with Gasteiger partial charge in [-0.05, 0) is 61.2 Å². The van der Waals surface area contributed by atoms with Crippen molar-refractivity contribution in [2.75, 3.05) is 52.6 Å². The molecule has 2 aliphatic rings. The number of ether oxygens (including phenoxy) is 3. The van der Waals surface area contributed by atoms with E-state index in [1.165, 1.54) is 0 Å². The zero-order chi connectivity index (χ0) is 28.3. The molecule has 0 spiro atoms. The summed E-state index contributed by atoms with van der Waals surface area (Å²) < 4.78 is 17.0. The standard InChI is InChI=1S/C32H42N2O6/c1-3-5-6-21-40-27-12-8-24(9-13-27)29-28(30(35)25-10-14-26(15-11-25)39-20-4-2)31(36)32(37)34(29)17-7-16-33-18-22-38-23-19-33/h8-15,29,35H,3-7,16-23H2,1-2H3. The van der Waals surface area contributed by atoms with Crippen molar-refractivity contribution < 1.29 is 28.9 Å². The third kappa shape index (κ3) is 7.43. The van der Waals surface area contributed by atoms with Gasteiger partial charge in [-0.25, -0.2) is 0 Å². The largest absolute Gasteiger partial charge is 0.507 e. The maximum Gasteiger partial charge on any atom is 0.295 e. The lowest BCUT2D eigenvalue weighted by molar-refractivity contribution is -0.140. The van der Waals surface area contributed by atoms with Gasteiger partial charge in [-0.15, -0.1) is 0 Å². The Kier molecular flexibility index (Phi) is 11.0. The normalized spacial score (nSPS) is 19.2. The minimum absolute atomic E-state index is 0.107.